The molecule has 0 aliphatic carbocycles. The zero-order valence-electron chi connectivity index (χ0n) is 22.3. The summed E-state index contributed by atoms with van der Waals surface area (Å²) in [5.74, 6) is 1.42. The van der Waals surface area contributed by atoms with E-state index in [1.807, 2.05) is 11.8 Å². The summed E-state index contributed by atoms with van der Waals surface area (Å²) in [5.41, 5.74) is -0.118. The van der Waals surface area contributed by atoms with Crippen LogP contribution in [0.25, 0.3) is 0 Å². The number of rotatable bonds is 12. The Kier molecular flexibility index (Phi) is 10.5. The molecule has 0 bridgehead atoms. The third-order valence-corrected chi connectivity index (χ3v) is 15.6. The van der Waals surface area contributed by atoms with Crippen LogP contribution in [0.15, 0.2) is 0 Å². The summed E-state index contributed by atoms with van der Waals surface area (Å²) in [7, 11) is -3.26. The van der Waals surface area contributed by atoms with Crippen molar-refractivity contribution in [3.05, 3.63) is 0 Å². The highest BCUT2D eigenvalue weighted by molar-refractivity contribution is 8.08. The van der Waals surface area contributed by atoms with E-state index in [4.69, 9.17) is 9.05 Å². The summed E-state index contributed by atoms with van der Waals surface area (Å²) in [6.45, 7) is 20.0. The second-order valence-corrected chi connectivity index (χ2v) is 19.3. The van der Waals surface area contributed by atoms with E-state index in [1.165, 1.54) is 0 Å². The van der Waals surface area contributed by atoms with E-state index < -0.39 is 20.0 Å². The van der Waals surface area contributed by atoms with Gasteiger partial charge in [0.1, 0.15) is 11.2 Å². The average Bonchev–Trinajstić information content (AvgIpc) is 3.20. The molecule has 2 saturated heterocycles. The van der Waals surface area contributed by atoms with Crippen LogP contribution < -0.4 is 10.6 Å². The van der Waals surface area contributed by atoms with Crippen molar-refractivity contribution in [1.82, 2.24) is 10.6 Å². The van der Waals surface area contributed by atoms with Gasteiger partial charge >= 0.3 is 8.03 Å². The summed E-state index contributed by atoms with van der Waals surface area (Å²) >= 11 is 3.65. The molecule has 0 radical (unpaired) electrons. The summed E-state index contributed by atoms with van der Waals surface area (Å²) in [4.78, 5) is 0. The highest BCUT2D eigenvalue weighted by atomic mass is 32.2. The third-order valence-electron chi connectivity index (χ3n) is 6.99. The Labute approximate surface area is 211 Å². The average molecular weight is 542 g/mol. The second-order valence-electron chi connectivity index (χ2n) is 11.2. The van der Waals surface area contributed by atoms with Crippen LogP contribution in [0, 0.1) is 11.8 Å². The number of thioether (sulfide) groups is 2. The molecule has 0 aromatic carbocycles. The Hall–Kier alpha value is 0.870. The zero-order valence-corrected chi connectivity index (χ0v) is 25.7. The minimum Gasteiger partial charge on any atom is -0.330 e. The predicted octanol–water partition coefficient (Wildman–Crippen LogP) is 6.73. The fraction of sp³-hybridized carbons (Fsp3) is 1.00. The molecule has 33 heavy (non-hydrogen) atoms. The molecule has 6 atom stereocenters. The highest BCUT2D eigenvalue weighted by Crippen LogP contribution is 2.74. The van der Waals surface area contributed by atoms with E-state index in [2.05, 4.69) is 72.9 Å². The van der Waals surface area contributed by atoms with Crippen LogP contribution in [-0.2, 0) is 18.2 Å². The number of nitrogens with one attached hydrogen (secondary N) is 2. The minimum absolute atomic E-state index is 0.0254. The molecule has 2 rings (SSSR count). The molecule has 2 aliphatic heterocycles. The summed E-state index contributed by atoms with van der Waals surface area (Å²) < 4.78 is 38.3. The van der Waals surface area contributed by atoms with Gasteiger partial charge in [-0.15, -0.1) is 28.0 Å². The van der Waals surface area contributed by atoms with Crippen LogP contribution in [0.3, 0.4) is 0 Å². The Balaban J connectivity index is 2.33. The van der Waals surface area contributed by atoms with E-state index in [0.29, 0.717) is 31.5 Å². The Morgan fingerprint density at radius 3 is 2.24 bits per heavy atom. The van der Waals surface area contributed by atoms with Crippen LogP contribution >= 0.6 is 38.9 Å². The lowest BCUT2D eigenvalue weighted by atomic mass is 9.93. The zero-order chi connectivity index (χ0) is 25.2. The lowest BCUT2D eigenvalue weighted by molar-refractivity contribution is 0.280. The maximum Gasteiger partial charge on any atom is 0.508 e. The molecule has 0 amide bonds. The maximum absolute atomic E-state index is 15.1. The first kappa shape index (κ1) is 30.1. The molecule has 2 N–H and O–H groups in total. The Morgan fingerprint density at radius 2 is 1.79 bits per heavy atom. The van der Waals surface area contributed by atoms with Crippen molar-refractivity contribution in [3.63, 3.8) is 0 Å². The topological polar surface area (TPSA) is 76.7 Å². The lowest BCUT2D eigenvalue weighted by Crippen LogP contribution is -2.53. The SMILES string of the molecule is CCC1(P(=O)(OC)C(C(C)C)C2NCSC2(C)C)NC(CC[P+](=O)OCC(C)C)C(C)(C)S1. The van der Waals surface area contributed by atoms with Gasteiger partial charge in [0, 0.05) is 41.0 Å². The number of hydrogen-bond acceptors (Lipinski definition) is 8. The predicted molar refractivity (Wildman–Crippen MR) is 146 cm³/mol. The van der Waals surface area contributed by atoms with Crippen molar-refractivity contribution in [3.8, 4) is 0 Å². The van der Waals surface area contributed by atoms with Crippen molar-refractivity contribution < 1.29 is 18.2 Å². The van der Waals surface area contributed by atoms with Gasteiger partial charge in [-0.1, -0.05) is 34.6 Å². The standard InChI is InChI=1S/C23H47N2O4P2S2/c1-11-23(25-18(21(6,7)33-23)12-13-30(26)29-14-16(2)3)31(27,28-10)19(17(4)5)20-22(8,9)32-15-24-20/h16-20,24-25H,11-15H2,1-10H3/q+1. The largest absolute Gasteiger partial charge is 0.508 e. The van der Waals surface area contributed by atoms with Crippen molar-refractivity contribution in [2.24, 2.45) is 11.8 Å². The van der Waals surface area contributed by atoms with Gasteiger partial charge < -0.3 is 9.84 Å². The highest BCUT2D eigenvalue weighted by Gasteiger charge is 2.64. The van der Waals surface area contributed by atoms with E-state index in [-0.39, 0.29) is 33.2 Å². The van der Waals surface area contributed by atoms with Gasteiger partial charge in [0.15, 0.2) is 6.16 Å². The molecule has 10 heteroatoms. The molecule has 2 heterocycles. The molecule has 2 aliphatic rings. The number of hydrogen-bond donors (Lipinski definition) is 2. The van der Waals surface area contributed by atoms with E-state index >= 15 is 4.57 Å². The first-order chi connectivity index (χ1) is 15.2. The van der Waals surface area contributed by atoms with Crippen molar-refractivity contribution >= 4 is 38.9 Å². The first-order valence-corrected chi connectivity index (χ1v) is 17.1. The molecule has 6 nitrogen and oxygen atoms in total. The Morgan fingerprint density at radius 1 is 1.15 bits per heavy atom. The second kappa shape index (κ2) is 11.5. The van der Waals surface area contributed by atoms with Gasteiger partial charge in [0.05, 0.1) is 5.66 Å². The van der Waals surface area contributed by atoms with Gasteiger partial charge in [-0.2, -0.15) is 0 Å². The van der Waals surface area contributed by atoms with Gasteiger partial charge in [0.2, 0.25) is 7.37 Å². The summed E-state index contributed by atoms with van der Waals surface area (Å²) in [6.07, 6.45) is 1.92. The summed E-state index contributed by atoms with van der Waals surface area (Å²) in [6, 6.07) is 0.166. The lowest BCUT2D eigenvalue weighted by Gasteiger charge is -2.46. The van der Waals surface area contributed by atoms with Crippen molar-refractivity contribution in [2.75, 3.05) is 25.8 Å². The van der Waals surface area contributed by atoms with E-state index in [1.54, 1.807) is 18.9 Å². The maximum atomic E-state index is 15.1. The molecule has 0 aromatic rings. The molecule has 0 spiro atoms. The summed E-state index contributed by atoms with van der Waals surface area (Å²) in [5, 5.41) is 7.45. The van der Waals surface area contributed by atoms with Crippen LogP contribution in [0.2, 0.25) is 0 Å². The van der Waals surface area contributed by atoms with Crippen LogP contribution in [0.1, 0.15) is 75.2 Å². The van der Waals surface area contributed by atoms with Crippen LogP contribution in [-0.4, -0.2) is 57.6 Å². The van der Waals surface area contributed by atoms with Gasteiger partial charge in [-0.3, -0.25) is 9.88 Å². The molecule has 2 fully saturated rings. The van der Waals surface area contributed by atoms with Gasteiger partial charge in [0.25, 0.3) is 0 Å². The minimum atomic E-state index is -3.19. The molecule has 194 valence electrons. The molecular weight excluding hydrogens is 494 g/mol. The van der Waals surface area contributed by atoms with Gasteiger partial charge in [-0.05, 0) is 50.5 Å². The first-order valence-electron chi connectivity index (χ1n) is 12.2. The molecule has 0 aromatic heterocycles. The van der Waals surface area contributed by atoms with Gasteiger partial charge in [-0.25, -0.2) is 0 Å². The van der Waals surface area contributed by atoms with E-state index in [9.17, 15) is 4.57 Å². The molecule has 0 saturated carbocycles. The van der Waals surface area contributed by atoms with Crippen LogP contribution in [0.4, 0.5) is 0 Å². The molecule has 6 unspecified atom stereocenters. The van der Waals surface area contributed by atoms with Crippen molar-refractivity contribution in [2.45, 2.75) is 107 Å². The normalized spacial score (nSPS) is 32.3. The quantitative estimate of drug-likeness (QED) is 0.264. The van der Waals surface area contributed by atoms with Crippen molar-refractivity contribution in [1.29, 1.82) is 0 Å². The van der Waals surface area contributed by atoms with E-state index in [0.717, 1.165) is 5.88 Å². The third kappa shape index (κ3) is 6.42. The monoisotopic (exact) mass is 541 g/mol. The Bertz CT molecular complexity index is 735. The fourth-order valence-corrected chi connectivity index (χ4v) is 14.1. The fourth-order valence-electron chi connectivity index (χ4n) is 5.15. The smallest absolute Gasteiger partial charge is 0.330 e. The molecular formula is C23H47N2O4P2S2+. The van der Waals surface area contributed by atoms with Crippen LogP contribution in [0.5, 0.6) is 0 Å².